The minimum atomic E-state index is -0.466. The number of hydrogen-bond acceptors (Lipinski definition) is 4. The molecule has 0 amide bonds. The molecule has 1 heterocycles. The van der Waals surface area contributed by atoms with E-state index in [1.54, 1.807) is 0 Å². The smallest absolute Gasteiger partial charge is 0.119 e. The average Bonchev–Trinajstić information content (AvgIpc) is 2.47. The summed E-state index contributed by atoms with van der Waals surface area (Å²) < 4.78 is 11.3. The molecular formula is C17H27NO3. The van der Waals surface area contributed by atoms with Gasteiger partial charge in [0.2, 0.25) is 0 Å². The van der Waals surface area contributed by atoms with Gasteiger partial charge < -0.3 is 14.6 Å². The fourth-order valence-corrected chi connectivity index (χ4v) is 2.73. The number of aliphatic hydroxyl groups is 1. The lowest BCUT2D eigenvalue weighted by Crippen LogP contribution is -2.44. The predicted molar refractivity (Wildman–Crippen MR) is 83.8 cm³/mol. The molecule has 0 radical (unpaired) electrons. The molecule has 0 saturated carbocycles. The third-order valence-corrected chi connectivity index (χ3v) is 3.80. The summed E-state index contributed by atoms with van der Waals surface area (Å²) in [7, 11) is 0. The summed E-state index contributed by atoms with van der Waals surface area (Å²) in [5.74, 6) is 0.811. The Labute approximate surface area is 127 Å². The highest BCUT2D eigenvalue weighted by Gasteiger charge is 2.22. The Kier molecular flexibility index (Phi) is 6.49. The molecule has 2 rings (SSSR count). The van der Waals surface area contributed by atoms with Crippen molar-refractivity contribution in [3.63, 3.8) is 0 Å². The van der Waals surface area contributed by atoms with Crippen LogP contribution in [0.2, 0.25) is 0 Å². The molecule has 1 fully saturated rings. The molecule has 2 unspecified atom stereocenters. The number of ether oxygens (including phenoxy) is 2. The van der Waals surface area contributed by atoms with Gasteiger partial charge in [-0.3, -0.25) is 4.90 Å². The Bertz CT molecular complexity index is 405. The molecule has 118 valence electrons. The Balaban J connectivity index is 1.71. The van der Waals surface area contributed by atoms with Crippen LogP contribution < -0.4 is 4.74 Å². The van der Waals surface area contributed by atoms with Crippen molar-refractivity contribution >= 4 is 0 Å². The summed E-state index contributed by atoms with van der Waals surface area (Å²) in [6, 6.07) is 7.90. The highest BCUT2D eigenvalue weighted by atomic mass is 16.5. The summed E-state index contributed by atoms with van der Waals surface area (Å²) in [4.78, 5) is 2.27. The molecular weight excluding hydrogens is 266 g/mol. The molecule has 1 aliphatic rings. The van der Waals surface area contributed by atoms with E-state index in [9.17, 15) is 5.11 Å². The number of likely N-dealkylation sites (tertiary alicyclic amines) is 1. The Morgan fingerprint density at radius 2 is 2.10 bits per heavy atom. The van der Waals surface area contributed by atoms with Crippen LogP contribution in [0, 0.1) is 6.92 Å². The normalized spacial score (nSPS) is 21.2. The standard InChI is InChI=1S/C17H27NO3/c1-3-20-17-5-4-10-18(12-17)11-15(19)13-21-16-8-6-14(2)7-9-16/h6-9,15,17,19H,3-5,10-13H2,1-2H3. The third kappa shape index (κ3) is 5.65. The minimum Gasteiger partial charge on any atom is -0.491 e. The van der Waals surface area contributed by atoms with Crippen LogP contribution in [0.1, 0.15) is 25.3 Å². The zero-order valence-electron chi connectivity index (χ0n) is 13.1. The maximum atomic E-state index is 10.1. The Hall–Kier alpha value is -1.10. The van der Waals surface area contributed by atoms with Gasteiger partial charge in [0.25, 0.3) is 0 Å². The number of hydrogen-bond donors (Lipinski definition) is 1. The lowest BCUT2D eigenvalue weighted by atomic mass is 10.1. The molecule has 4 nitrogen and oxygen atoms in total. The van der Waals surface area contributed by atoms with Crippen LogP contribution in [-0.4, -0.2) is 55.1 Å². The van der Waals surface area contributed by atoms with Crippen molar-refractivity contribution in [2.24, 2.45) is 0 Å². The van der Waals surface area contributed by atoms with Crippen LogP contribution in [0.5, 0.6) is 5.75 Å². The zero-order chi connectivity index (χ0) is 15.1. The van der Waals surface area contributed by atoms with Crippen molar-refractivity contribution in [2.45, 2.75) is 38.9 Å². The topological polar surface area (TPSA) is 41.9 Å². The molecule has 1 N–H and O–H groups in total. The van der Waals surface area contributed by atoms with Gasteiger partial charge in [0.1, 0.15) is 18.5 Å². The first-order chi connectivity index (χ1) is 10.2. The van der Waals surface area contributed by atoms with E-state index in [1.807, 2.05) is 38.1 Å². The monoisotopic (exact) mass is 293 g/mol. The van der Waals surface area contributed by atoms with E-state index in [1.165, 1.54) is 5.56 Å². The Morgan fingerprint density at radius 1 is 1.33 bits per heavy atom. The molecule has 0 aromatic heterocycles. The van der Waals surface area contributed by atoms with Crippen molar-refractivity contribution in [1.29, 1.82) is 0 Å². The first-order valence-electron chi connectivity index (χ1n) is 7.89. The molecule has 0 bridgehead atoms. The average molecular weight is 293 g/mol. The fourth-order valence-electron chi connectivity index (χ4n) is 2.73. The van der Waals surface area contributed by atoms with E-state index >= 15 is 0 Å². The summed E-state index contributed by atoms with van der Waals surface area (Å²) in [5, 5.41) is 10.1. The number of aryl methyl sites for hydroxylation is 1. The van der Waals surface area contributed by atoms with Gasteiger partial charge in [-0.2, -0.15) is 0 Å². The second-order valence-corrected chi connectivity index (χ2v) is 5.76. The molecule has 1 aliphatic heterocycles. The van der Waals surface area contributed by atoms with Crippen molar-refractivity contribution in [3.8, 4) is 5.75 Å². The van der Waals surface area contributed by atoms with Gasteiger partial charge in [-0.1, -0.05) is 17.7 Å². The molecule has 0 spiro atoms. The predicted octanol–water partition coefficient (Wildman–Crippen LogP) is 2.24. The Morgan fingerprint density at radius 3 is 2.81 bits per heavy atom. The zero-order valence-corrected chi connectivity index (χ0v) is 13.1. The van der Waals surface area contributed by atoms with Crippen LogP contribution in [0.4, 0.5) is 0 Å². The van der Waals surface area contributed by atoms with Crippen LogP contribution in [0.3, 0.4) is 0 Å². The third-order valence-electron chi connectivity index (χ3n) is 3.80. The van der Waals surface area contributed by atoms with Crippen LogP contribution >= 0.6 is 0 Å². The number of rotatable bonds is 7. The van der Waals surface area contributed by atoms with Gasteiger partial charge in [-0.05, 0) is 45.4 Å². The molecule has 1 aromatic rings. The van der Waals surface area contributed by atoms with E-state index in [2.05, 4.69) is 4.90 Å². The maximum Gasteiger partial charge on any atom is 0.119 e. The van der Waals surface area contributed by atoms with Gasteiger partial charge >= 0.3 is 0 Å². The molecule has 0 aliphatic carbocycles. The van der Waals surface area contributed by atoms with Crippen molar-refractivity contribution in [2.75, 3.05) is 32.8 Å². The summed E-state index contributed by atoms with van der Waals surface area (Å²) in [6.07, 6.45) is 2.11. The van der Waals surface area contributed by atoms with Crippen LogP contribution in [0.15, 0.2) is 24.3 Å². The van der Waals surface area contributed by atoms with E-state index in [-0.39, 0.29) is 0 Å². The SMILES string of the molecule is CCOC1CCCN(CC(O)COc2ccc(C)cc2)C1. The van der Waals surface area contributed by atoms with Crippen LogP contribution in [-0.2, 0) is 4.74 Å². The number of β-amino-alcohol motifs (C(OH)–C–C–N with tert-alkyl or cyclic N) is 1. The highest BCUT2D eigenvalue weighted by molar-refractivity contribution is 5.26. The largest absolute Gasteiger partial charge is 0.491 e. The first kappa shape index (κ1) is 16.3. The van der Waals surface area contributed by atoms with E-state index in [0.29, 0.717) is 19.3 Å². The lowest BCUT2D eigenvalue weighted by Gasteiger charge is -2.33. The summed E-state index contributed by atoms with van der Waals surface area (Å²) in [5.41, 5.74) is 1.21. The lowest BCUT2D eigenvalue weighted by molar-refractivity contribution is -0.0123. The van der Waals surface area contributed by atoms with Gasteiger partial charge in [0.15, 0.2) is 0 Å². The van der Waals surface area contributed by atoms with E-state index < -0.39 is 6.10 Å². The molecule has 1 saturated heterocycles. The van der Waals surface area contributed by atoms with Crippen molar-refractivity contribution in [1.82, 2.24) is 4.90 Å². The maximum absolute atomic E-state index is 10.1. The van der Waals surface area contributed by atoms with Gasteiger partial charge in [-0.25, -0.2) is 0 Å². The number of nitrogens with zero attached hydrogens (tertiary/aromatic N) is 1. The molecule has 2 atom stereocenters. The summed E-state index contributed by atoms with van der Waals surface area (Å²) in [6.45, 7) is 7.76. The second-order valence-electron chi connectivity index (χ2n) is 5.76. The molecule has 4 heteroatoms. The van der Waals surface area contributed by atoms with E-state index in [0.717, 1.165) is 38.3 Å². The van der Waals surface area contributed by atoms with E-state index in [4.69, 9.17) is 9.47 Å². The van der Waals surface area contributed by atoms with Crippen molar-refractivity contribution in [3.05, 3.63) is 29.8 Å². The number of aliphatic hydroxyl groups excluding tert-OH is 1. The van der Waals surface area contributed by atoms with Gasteiger partial charge in [0.05, 0.1) is 6.10 Å². The highest BCUT2D eigenvalue weighted by Crippen LogP contribution is 2.15. The minimum absolute atomic E-state index is 0.314. The first-order valence-corrected chi connectivity index (χ1v) is 7.89. The summed E-state index contributed by atoms with van der Waals surface area (Å²) >= 11 is 0. The van der Waals surface area contributed by atoms with Gasteiger partial charge in [0, 0.05) is 19.7 Å². The molecule has 21 heavy (non-hydrogen) atoms. The molecule has 1 aromatic carbocycles. The van der Waals surface area contributed by atoms with Crippen LogP contribution in [0.25, 0.3) is 0 Å². The van der Waals surface area contributed by atoms with Crippen molar-refractivity contribution < 1.29 is 14.6 Å². The second kappa shape index (κ2) is 8.37. The number of benzene rings is 1. The van der Waals surface area contributed by atoms with Gasteiger partial charge in [-0.15, -0.1) is 0 Å². The fraction of sp³-hybridized carbons (Fsp3) is 0.647. The quantitative estimate of drug-likeness (QED) is 0.837. The number of piperidine rings is 1.